The molecule has 8 heteroatoms. The normalized spacial score (nSPS) is 11.6. The largest absolute Gasteiger partial charge is 0.378 e. The van der Waals surface area contributed by atoms with E-state index in [1.165, 1.54) is 24.4 Å². The summed E-state index contributed by atoms with van der Waals surface area (Å²) in [6, 6.07) is 24.2. The molecule has 4 rings (SSSR count). The molecule has 0 saturated carbocycles. The summed E-state index contributed by atoms with van der Waals surface area (Å²) in [7, 11) is -4.04. The molecular formula is C25H19BrN2O4S. The van der Waals surface area contributed by atoms with Gasteiger partial charge >= 0.3 is 10.1 Å². The number of rotatable bonds is 6. The van der Waals surface area contributed by atoms with Crippen LogP contribution in [0.4, 0.5) is 0 Å². The van der Waals surface area contributed by atoms with E-state index in [1.54, 1.807) is 36.4 Å². The lowest BCUT2D eigenvalue weighted by Crippen LogP contribution is -2.18. The second-order valence-corrected chi connectivity index (χ2v) is 9.72. The predicted octanol–water partition coefficient (Wildman–Crippen LogP) is 5.44. The molecule has 0 fully saturated rings. The minimum atomic E-state index is -4.04. The Hall–Kier alpha value is -3.49. The molecule has 0 unspecified atom stereocenters. The minimum Gasteiger partial charge on any atom is -0.378 e. The van der Waals surface area contributed by atoms with Crippen molar-refractivity contribution in [1.29, 1.82) is 0 Å². The predicted molar refractivity (Wildman–Crippen MR) is 132 cm³/mol. The van der Waals surface area contributed by atoms with Crippen LogP contribution in [-0.4, -0.2) is 20.5 Å². The highest BCUT2D eigenvalue weighted by Crippen LogP contribution is 2.25. The molecular weight excluding hydrogens is 504 g/mol. The van der Waals surface area contributed by atoms with E-state index in [2.05, 4.69) is 26.5 Å². The molecule has 0 bridgehead atoms. The third-order valence-corrected chi connectivity index (χ3v) is 6.63. The van der Waals surface area contributed by atoms with Gasteiger partial charge in [0.2, 0.25) is 0 Å². The molecule has 0 aliphatic rings. The van der Waals surface area contributed by atoms with E-state index < -0.39 is 10.1 Å². The summed E-state index contributed by atoms with van der Waals surface area (Å²) >= 11 is 3.36. The number of hydrazone groups is 1. The number of halogens is 1. The van der Waals surface area contributed by atoms with E-state index in [-0.39, 0.29) is 16.6 Å². The van der Waals surface area contributed by atoms with Crippen LogP contribution in [-0.2, 0) is 10.1 Å². The van der Waals surface area contributed by atoms with E-state index >= 15 is 0 Å². The smallest absolute Gasteiger partial charge is 0.339 e. The molecule has 6 nitrogen and oxygen atoms in total. The summed E-state index contributed by atoms with van der Waals surface area (Å²) in [6.07, 6.45) is 1.34. The fourth-order valence-electron chi connectivity index (χ4n) is 3.21. The molecule has 1 amide bonds. The second kappa shape index (κ2) is 9.56. The zero-order valence-electron chi connectivity index (χ0n) is 17.5. The van der Waals surface area contributed by atoms with Gasteiger partial charge < -0.3 is 4.18 Å². The molecule has 0 radical (unpaired) electrons. The molecule has 1 N–H and O–H groups in total. The van der Waals surface area contributed by atoms with E-state index in [9.17, 15) is 13.2 Å². The quantitative estimate of drug-likeness (QED) is 0.207. The van der Waals surface area contributed by atoms with Crippen LogP contribution in [0.1, 0.15) is 21.5 Å². The van der Waals surface area contributed by atoms with Crippen molar-refractivity contribution in [1.82, 2.24) is 5.43 Å². The maximum Gasteiger partial charge on any atom is 0.339 e. The first-order valence-corrected chi connectivity index (χ1v) is 12.2. The first-order valence-electron chi connectivity index (χ1n) is 9.95. The van der Waals surface area contributed by atoms with Gasteiger partial charge in [0.15, 0.2) is 5.75 Å². The number of carbonyl (C=O) groups excluding carboxylic acids is 1. The zero-order valence-corrected chi connectivity index (χ0v) is 19.9. The number of carbonyl (C=O) groups is 1. The van der Waals surface area contributed by atoms with Crippen LogP contribution in [0.25, 0.3) is 10.8 Å². The fraction of sp³-hybridized carbons (Fsp3) is 0.0400. The van der Waals surface area contributed by atoms with Crippen molar-refractivity contribution in [2.45, 2.75) is 11.8 Å². The van der Waals surface area contributed by atoms with Crippen LogP contribution in [0.3, 0.4) is 0 Å². The molecule has 0 saturated heterocycles. The number of amides is 1. The summed E-state index contributed by atoms with van der Waals surface area (Å²) < 4.78 is 31.4. The lowest BCUT2D eigenvalue weighted by Gasteiger charge is -2.10. The van der Waals surface area contributed by atoms with Gasteiger partial charge in [-0.1, -0.05) is 70.0 Å². The summed E-state index contributed by atoms with van der Waals surface area (Å²) in [4.78, 5) is 12.7. The molecule has 0 aliphatic heterocycles. The Kier molecular flexibility index (Phi) is 6.57. The van der Waals surface area contributed by atoms with Gasteiger partial charge in [0.1, 0.15) is 4.90 Å². The van der Waals surface area contributed by atoms with Crippen molar-refractivity contribution in [3.05, 3.63) is 106 Å². The number of nitrogens with zero attached hydrogens (tertiary/aromatic N) is 1. The van der Waals surface area contributed by atoms with E-state index in [4.69, 9.17) is 4.18 Å². The monoisotopic (exact) mass is 522 g/mol. The van der Waals surface area contributed by atoms with Gasteiger partial charge in [-0.2, -0.15) is 13.5 Å². The minimum absolute atomic E-state index is 0.0446. The molecule has 33 heavy (non-hydrogen) atoms. The van der Waals surface area contributed by atoms with Gasteiger partial charge in [-0.05, 0) is 54.1 Å². The van der Waals surface area contributed by atoms with Crippen molar-refractivity contribution < 1.29 is 17.4 Å². The van der Waals surface area contributed by atoms with Gasteiger partial charge in [-0.3, -0.25) is 4.79 Å². The Morgan fingerprint density at radius 1 is 0.970 bits per heavy atom. The molecule has 0 spiro atoms. The molecule has 0 heterocycles. The van der Waals surface area contributed by atoms with E-state index in [0.717, 1.165) is 16.3 Å². The number of fused-ring (bicyclic) bond motifs is 1. The van der Waals surface area contributed by atoms with Gasteiger partial charge in [-0.15, -0.1) is 0 Å². The molecule has 4 aromatic rings. The average Bonchev–Trinajstić information content (AvgIpc) is 2.80. The SMILES string of the molecule is Cc1ccc(S(=O)(=O)Oc2ccc(Br)cc2C=NNC(=O)c2cccc3ccccc23)cc1. The Balaban J connectivity index is 1.56. The highest BCUT2D eigenvalue weighted by molar-refractivity contribution is 9.10. The Morgan fingerprint density at radius 2 is 1.70 bits per heavy atom. The lowest BCUT2D eigenvalue weighted by molar-refractivity contribution is 0.0956. The second-order valence-electron chi connectivity index (χ2n) is 7.26. The molecule has 0 atom stereocenters. The maximum absolute atomic E-state index is 12.7. The van der Waals surface area contributed by atoms with Crippen LogP contribution in [0.2, 0.25) is 0 Å². The van der Waals surface area contributed by atoms with Crippen LogP contribution in [0.5, 0.6) is 5.75 Å². The van der Waals surface area contributed by atoms with E-state index in [0.29, 0.717) is 15.6 Å². The van der Waals surface area contributed by atoms with Crippen LogP contribution in [0, 0.1) is 6.92 Å². The number of hydrogen-bond acceptors (Lipinski definition) is 5. The van der Waals surface area contributed by atoms with Crippen molar-refractivity contribution in [3.8, 4) is 5.75 Å². The third-order valence-electron chi connectivity index (χ3n) is 4.88. The number of nitrogens with one attached hydrogen (secondary N) is 1. The van der Waals surface area contributed by atoms with Gasteiger partial charge in [0.05, 0.1) is 6.21 Å². The Morgan fingerprint density at radius 3 is 2.48 bits per heavy atom. The Bertz CT molecular complexity index is 1460. The average molecular weight is 523 g/mol. The summed E-state index contributed by atoms with van der Waals surface area (Å²) in [6.45, 7) is 1.87. The van der Waals surface area contributed by atoms with Crippen molar-refractivity contribution in [3.63, 3.8) is 0 Å². The van der Waals surface area contributed by atoms with Crippen LogP contribution >= 0.6 is 15.9 Å². The summed E-state index contributed by atoms with van der Waals surface area (Å²) in [5.41, 5.74) is 4.29. The summed E-state index contributed by atoms with van der Waals surface area (Å²) in [5, 5.41) is 5.77. The zero-order chi connectivity index (χ0) is 23.4. The highest BCUT2D eigenvalue weighted by atomic mass is 79.9. The lowest BCUT2D eigenvalue weighted by atomic mass is 10.0. The fourth-order valence-corrected chi connectivity index (χ4v) is 4.54. The van der Waals surface area contributed by atoms with Crippen LogP contribution in [0.15, 0.2) is 99.4 Å². The van der Waals surface area contributed by atoms with Crippen molar-refractivity contribution in [2.75, 3.05) is 0 Å². The number of benzene rings is 4. The molecule has 4 aromatic carbocycles. The highest BCUT2D eigenvalue weighted by Gasteiger charge is 2.18. The maximum atomic E-state index is 12.7. The molecule has 0 aromatic heterocycles. The molecule has 0 aliphatic carbocycles. The van der Waals surface area contributed by atoms with E-state index in [1.807, 2.05) is 37.3 Å². The number of aryl methyl sites for hydroxylation is 1. The number of hydrogen-bond donors (Lipinski definition) is 1. The van der Waals surface area contributed by atoms with Gasteiger partial charge in [-0.25, -0.2) is 5.43 Å². The Labute approximate surface area is 200 Å². The standard InChI is InChI=1S/C25H19BrN2O4S/c1-17-9-12-21(13-10-17)33(30,31)32-24-14-11-20(26)15-19(24)16-27-28-25(29)23-8-4-6-18-5-2-3-7-22(18)23/h2-16H,1H3,(H,28,29). The van der Waals surface area contributed by atoms with Gasteiger partial charge in [0, 0.05) is 15.6 Å². The topological polar surface area (TPSA) is 84.8 Å². The van der Waals surface area contributed by atoms with Crippen LogP contribution < -0.4 is 9.61 Å². The van der Waals surface area contributed by atoms with Crippen molar-refractivity contribution in [2.24, 2.45) is 5.10 Å². The summed E-state index contributed by atoms with van der Waals surface area (Å²) in [5.74, 6) is -0.297. The van der Waals surface area contributed by atoms with Crippen molar-refractivity contribution >= 4 is 48.9 Å². The van der Waals surface area contributed by atoms with Gasteiger partial charge in [0.25, 0.3) is 5.91 Å². The third kappa shape index (κ3) is 5.30. The first-order chi connectivity index (χ1) is 15.8. The molecule has 166 valence electrons. The first kappa shape index (κ1) is 22.7.